The molecule has 23 heavy (non-hydrogen) atoms. The van der Waals surface area contributed by atoms with Gasteiger partial charge in [0.2, 0.25) is 0 Å². The van der Waals surface area contributed by atoms with Crippen molar-refractivity contribution >= 4 is 29.9 Å². The lowest BCUT2D eigenvalue weighted by molar-refractivity contribution is 0.0420. The first kappa shape index (κ1) is 20.2. The summed E-state index contributed by atoms with van der Waals surface area (Å²) in [5.41, 5.74) is 2.58. The fourth-order valence-electron chi connectivity index (χ4n) is 2.38. The standard InChI is InChI=1S/C17H27N3O2.HI/c1-14-6-3-4-7-15(14)12-20-17(18-2)19-9-5-10-22-16-8-11-21-13-16;/h3-4,6-7,16H,5,8-13H2,1-2H3,(H2,18,19,20);1H. The number of hydrogen-bond donors (Lipinski definition) is 2. The summed E-state index contributed by atoms with van der Waals surface area (Å²) in [6.07, 6.45) is 2.27. The Morgan fingerprint density at radius 3 is 2.87 bits per heavy atom. The molecular weight excluding hydrogens is 405 g/mol. The molecule has 1 unspecified atom stereocenters. The molecule has 0 bridgehead atoms. The number of aryl methyl sites for hydroxylation is 1. The second kappa shape index (κ2) is 11.6. The highest BCUT2D eigenvalue weighted by Gasteiger charge is 2.15. The minimum absolute atomic E-state index is 0. The molecule has 1 fully saturated rings. The summed E-state index contributed by atoms with van der Waals surface area (Å²) >= 11 is 0. The number of rotatable bonds is 7. The molecule has 6 heteroatoms. The largest absolute Gasteiger partial charge is 0.379 e. The molecule has 1 aromatic carbocycles. The third-order valence-corrected chi connectivity index (χ3v) is 3.79. The van der Waals surface area contributed by atoms with Crippen molar-refractivity contribution in [2.24, 2.45) is 4.99 Å². The van der Waals surface area contributed by atoms with Crippen LogP contribution in [0.2, 0.25) is 0 Å². The molecule has 1 atom stereocenters. The minimum atomic E-state index is 0. The molecule has 0 spiro atoms. The average molecular weight is 433 g/mol. The molecule has 0 radical (unpaired) electrons. The van der Waals surface area contributed by atoms with Crippen LogP contribution < -0.4 is 10.6 Å². The average Bonchev–Trinajstić information content (AvgIpc) is 3.05. The quantitative estimate of drug-likeness (QED) is 0.300. The second-order valence-electron chi connectivity index (χ2n) is 5.49. The van der Waals surface area contributed by atoms with Crippen LogP contribution in [0.4, 0.5) is 0 Å². The molecule has 1 heterocycles. The van der Waals surface area contributed by atoms with Crippen LogP contribution in [0.1, 0.15) is 24.0 Å². The van der Waals surface area contributed by atoms with Gasteiger partial charge in [-0.1, -0.05) is 24.3 Å². The minimum Gasteiger partial charge on any atom is -0.379 e. The van der Waals surface area contributed by atoms with Crippen molar-refractivity contribution in [1.29, 1.82) is 0 Å². The predicted molar refractivity (Wildman–Crippen MR) is 105 cm³/mol. The summed E-state index contributed by atoms with van der Waals surface area (Å²) in [6.45, 7) is 6.09. The Bertz CT molecular complexity index is 477. The summed E-state index contributed by atoms with van der Waals surface area (Å²) in [5.74, 6) is 0.826. The van der Waals surface area contributed by atoms with Gasteiger partial charge < -0.3 is 20.1 Å². The Hall–Kier alpha value is -0.860. The zero-order valence-electron chi connectivity index (χ0n) is 14.0. The third-order valence-electron chi connectivity index (χ3n) is 3.79. The molecule has 130 valence electrons. The monoisotopic (exact) mass is 433 g/mol. The highest BCUT2D eigenvalue weighted by molar-refractivity contribution is 14.0. The van der Waals surface area contributed by atoms with Crippen LogP contribution in [0.5, 0.6) is 0 Å². The number of guanidine groups is 1. The topological polar surface area (TPSA) is 54.9 Å². The van der Waals surface area contributed by atoms with Gasteiger partial charge in [-0.25, -0.2) is 0 Å². The zero-order chi connectivity index (χ0) is 15.6. The molecule has 1 aliphatic rings. The van der Waals surface area contributed by atoms with Gasteiger partial charge in [0.1, 0.15) is 0 Å². The van der Waals surface area contributed by atoms with Crippen molar-refractivity contribution in [2.45, 2.75) is 32.4 Å². The van der Waals surface area contributed by atoms with Crippen molar-refractivity contribution in [3.8, 4) is 0 Å². The van der Waals surface area contributed by atoms with Crippen molar-refractivity contribution in [3.05, 3.63) is 35.4 Å². The van der Waals surface area contributed by atoms with Crippen LogP contribution in [0.15, 0.2) is 29.3 Å². The Balaban J connectivity index is 0.00000264. The summed E-state index contributed by atoms with van der Waals surface area (Å²) in [7, 11) is 1.79. The molecule has 1 aromatic rings. The van der Waals surface area contributed by atoms with Crippen LogP contribution in [0, 0.1) is 6.92 Å². The normalized spacial score (nSPS) is 17.7. The summed E-state index contributed by atoms with van der Waals surface area (Å²) in [6, 6.07) is 8.37. The van der Waals surface area contributed by atoms with E-state index in [9.17, 15) is 0 Å². The number of ether oxygens (including phenoxy) is 2. The number of nitrogens with zero attached hydrogens (tertiary/aromatic N) is 1. The molecular formula is C17H28IN3O2. The first-order chi connectivity index (χ1) is 10.8. The van der Waals surface area contributed by atoms with Crippen LogP contribution in [0.3, 0.4) is 0 Å². The lowest BCUT2D eigenvalue weighted by Gasteiger charge is -2.14. The SMILES string of the molecule is CN=C(NCCCOC1CCOC1)NCc1ccccc1C.I. The number of halogens is 1. The second-order valence-corrected chi connectivity index (χ2v) is 5.49. The number of nitrogens with one attached hydrogen (secondary N) is 2. The maximum atomic E-state index is 5.74. The molecule has 2 N–H and O–H groups in total. The first-order valence-corrected chi connectivity index (χ1v) is 7.98. The van der Waals surface area contributed by atoms with E-state index in [1.807, 2.05) is 0 Å². The van der Waals surface area contributed by atoms with E-state index in [-0.39, 0.29) is 24.0 Å². The first-order valence-electron chi connectivity index (χ1n) is 7.98. The smallest absolute Gasteiger partial charge is 0.191 e. The highest BCUT2D eigenvalue weighted by atomic mass is 127. The van der Waals surface area contributed by atoms with E-state index in [0.29, 0.717) is 6.10 Å². The number of aliphatic imine (C=N–C) groups is 1. The van der Waals surface area contributed by atoms with Gasteiger partial charge in [-0.15, -0.1) is 24.0 Å². The lowest BCUT2D eigenvalue weighted by Crippen LogP contribution is -2.37. The van der Waals surface area contributed by atoms with Gasteiger partial charge in [-0.05, 0) is 30.9 Å². The van der Waals surface area contributed by atoms with Gasteiger partial charge in [0.15, 0.2) is 5.96 Å². The van der Waals surface area contributed by atoms with Crippen molar-refractivity contribution in [2.75, 3.05) is 33.4 Å². The molecule has 1 aliphatic heterocycles. The highest BCUT2D eigenvalue weighted by Crippen LogP contribution is 2.08. The van der Waals surface area contributed by atoms with Crippen LogP contribution >= 0.6 is 24.0 Å². The Kier molecular flexibility index (Phi) is 10.2. The van der Waals surface area contributed by atoms with Gasteiger partial charge in [0.05, 0.1) is 12.7 Å². The zero-order valence-corrected chi connectivity index (χ0v) is 16.3. The molecule has 5 nitrogen and oxygen atoms in total. The van der Waals surface area contributed by atoms with E-state index in [1.165, 1.54) is 11.1 Å². The molecule has 0 saturated carbocycles. The Morgan fingerprint density at radius 2 is 2.17 bits per heavy atom. The van der Waals surface area contributed by atoms with Gasteiger partial charge in [-0.2, -0.15) is 0 Å². The van der Waals surface area contributed by atoms with E-state index < -0.39 is 0 Å². The third kappa shape index (κ3) is 7.50. The van der Waals surface area contributed by atoms with Gasteiger partial charge in [0, 0.05) is 33.4 Å². The molecule has 2 rings (SSSR count). The molecule has 0 aliphatic carbocycles. The predicted octanol–water partition coefficient (Wildman–Crippen LogP) is 2.47. The fourth-order valence-corrected chi connectivity index (χ4v) is 2.38. The summed E-state index contributed by atoms with van der Waals surface area (Å²) in [5, 5.41) is 6.65. The van der Waals surface area contributed by atoms with Crippen molar-refractivity contribution < 1.29 is 9.47 Å². The van der Waals surface area contributed by atoms with Gasteiger partial charge >= 0.3 is 0 Å². The fraction of sp³-hybridized carbons (Fsp3) is 0.588. The van der Waals surface area contributed by atoms with Crippen LogP contribution in [0.25, 0.3) is 0 Å². The lowest BCUT2D eigenvalue weighted by atomic mass is 10.1. The molecule has 1 saturated heterocycles. The number of benzene rings is 1. The van der Waals surface area contributed by atoms with E-state index in [2.05, 4.69) is 46.8 Å². The van der Waals surface area contributed by atoms with E-state index in [4.69, 9.17) is 9.47 Å². The van der Waals surface area contributed by atoms with Crippen molar-refractivity contribution in [1.82, 2.24) is 10.6 Å². The van der Waals surface area contributed by atoms with Gasteiger partial charge in [0.25, 0.3) is 0 Å². The van der Waals surface area contributed by atoms with Gasteiger partial charge in [-0.3, -0.25) is 4.99 Å². The van der Waals surface area contributed by atoms with Crippen LogP contribution in [-0.4, -0.2) is 45.5 Å². The summed E-state index contributed by atoms with van der Waals surface area (Å²) in [4.78, 5) is 4.24. The maximum absolute atomic E-state index is 5.74. The Labute approximate surface area is 156 Å². The maximum Gasteiger partial charge on any atom is 0.191 e. The molecule has 0 aromatic heterocycles. The summed E-state index contributed by atoms with van der Waals surface area (Å²) < 4.78 is 11.0. The Morgan fingerprint density at radius 1 is 1.35 bits per heavy atom. The van der Waals surface area contributed by atoms with E-state index in [0.717, 1.165) is 51.7 Å². The number of hydrogen-bond acceptors (Lipinski definition) is 3. The van der Waals surface area contributed by atoms with E-state index in [1.54, 1.807) is 7.05 Å². The molecule has 0 amide bonds. The van der Waals surface area contributed by atoms with E-state index >= 15 is 0 Å². The van der Waals surface area contributed by atoms with Crippen LogP contribution in [-0.2, 0) is 16.0 Å². The van der Waals surface area contributed by atoms with Crippen molar-refractivity contribution in [3.63, 3.8) is 0 Å².